The SMILES string of the molecule is COc1cc(Cl)c(C)cc1NC(=O)CNC(C)c1cc2ccccc2o1. The monoisotopic (exact) mass is 372 g/mol. The van der Waals surface area contributed by atoms with Crippen molar-refractivity contribution in [2.45, 2.75) is 19.9 Å². The lowest BCUT2D eigenvalue weighted by Gasteiger charge is -2.14. The molecule has 0 bridgehead atoms. The molecule has 1 aromatic heterocycles. The molecule has 2 aromatic carbocycles. The maximum Gasteiger partial charge on any atom is 0.238 e. The molecule has 1 unspecified atom stereocenters. The van der Waals surface area contributed by atoms with E-state index < -0.39 is 0 Å². The molecule has 0 fully saturated rings. The smallest absolute Gasteiger partial charge is 0.238 e. The number of para-hydroxylation sites is 1. The molecule has 0 spiro atoms. The molecule has 2 N–H and O–H groups in total. The van der Waals surface area contributed by atoms with Gasteiger partial charge in [-0.15, -0.1) is 0 Å². The van der Waals surface area contributed by atoms with Gasteiger partial charge in [-0.3, -0.25) is 10.1 Å². The van der Waals surface area contributed by atoms with Crippen molar-refractivity contribution < 1.29 is 13.9 Å². The van der Waals surface area contributed by atoms with E-state index in [1.807, 2.05) is 44.2 Å². The molecule has 0 aliphatic rings. The largest absolute Gasteiger partial charge is 0.495 e. The van der Waals surface area contributed by atoms with Gasteiger partial charge < -0.3 is 14.5 Å². The number of nitrogens with one attached hydrogen (secondary N) is 2. The van der Waals surface area contributed by atoms with Crippen LogP contribution in [0.15, 0.2) is 46.9 Å². The highest BCUT2D eigenvalue weighted by molar-refractivity contribution is 6.31. The minimum Gasteiger partial charge on any atom is -0.495 e. The van der Waals surface area contributed by atoms with E-state index in [4.69, 9.17) is 20.8 Å². The average molecular weight is 373 g/mol. The van der Waals surface area contributed by atoms with Gasteiger partial charge in [0.25, 0.3) is 0 Å². The number of hydrogen-bond acceptors (Lipinski definition) is 4. The van der Waals surface area contributed by atoms with E-state index in [0.717, 1.165) is 22.3 Å². The highest BCUT2D eigenvalue weighted by Gasteiger charge is 2.14. The lowest BCUT2D eigenvalue weighted by Crippen LogP contribution is -2.30. The summed E-state index contributed by atoms with van der Waals surface area (Å²) in [5.74, 6) is 1.14. The first-order valence-electron chi connectivity index (χ1n) is 8.33. The molecule has 0 radical (unpaired) electrons. The molecule has 26 heavy (non-hydrogen) atoms. The van der Waals surface area contributed by atoms with Gasteiger partial charge in [-0.05, 0) is 37.6 Å². The Morgan fingerprint density at radius 1 is 1.27 bits per heavy atom. The third-order valence-corrected chi connectivity index (χ3v) is 4.60. The van der Waals surface area contributed by atoms with Crippen molar-refractivity contribution in [2.24, 2.45) is 0 Å². The average Bonchev–Trinajstić information content (AvgIpc) is 3.06. The Morgan fingerprint density at radius 2 is 2.04 bits per heavy atom. The first kappa shape index (κ1) is 18.3. The molecule has 0 saturated heterocycles. The second-order valence-electron chi connectivity index (χ2n) is 6.14. The number of aryl methyl sites for hydroxylation is 1. The molecule has 5 nitrogen and oxygen atoms in total. The quantitative estimate of drug-likeness (QED) is 0.658. The van der Waals surface area contributed by atoms with E-state index in [2.05, 4.69) is 10.6 Å². The van der Waals surface area contributed by atoms with Crippen LogP contribution in [0, 0.1) is 6.92 Å². The second-order valence-corrected chi connectivity index (χ2v) is 6.55. The molecule has 1 heterocycles. The van der Waals surface area contributed by atoms with Crippen molar-refractivity contribution in [1.82, 2.24) is 5.32 Å². The van der Waals surface area contributed by atoms with Gasteiger partial charge in [0, 0.05) is 16.5 Å². The summed E-state index contributed by atoms with van der Waals surface area (Å²) in [7, 11) is 1.54. The van der Waals surface area contributed by atoms with Crippen LogP contribution in [0.4, 0.5) is 5.69 Å². The van der Waals surface area contributed by atoms with Crippen LogP contribution < -0.4 is 15.4 Å². The minimum absolute atomic E-state index is 0.0954. The Morgan fingerprint density at radius 3 is 2.77 bits per heavy atom. The van der Waals surface area contributed by atoms with E-state index in [1.54, 1.807) is 19.2 Å². The molecule has 0 aliphatic carbocycles. The van der Waals surface area contributed by atoms with Gasteiger partial charge >= 0.3 is 0 Å². The van der Waals surface area contributed by atoms with E-state index in [1.165, 1.54) is 0 Å². The Hall–Kier alpha value is -2.50. The lowest BCUT2D eigenvalue weighted by atomic mass is 10.2. The molecule has 3 aromatic rings. The predicted molar refractivity (Wildman–Crippen MR) is 104 cm³/mol. The van der Waals surface area contributed by atoms with E-state index in [0.29, 0.717) is 16.5 Å². The van der Waals surface area contributed by atoms with Crippen molar-refractivity contribution in [3.05, 3.63) is 58.8 Å². The molecule has 0 saturated carbocycles. The van der Waals surface area contributed by atoms with Crippen molar-refractivity contribution in [1.29, 1.82) is 0 Å². The topological polar surface area (TPSA) is 63.5 Å². The third kappa shape index (κ3) is 4.00. The third-order valence-electron chi connectivity index (χ3n) is 4.20. The fourth-order valence-corrected chi connectivity index (χ4v) is 2.84. The van der Waals surface area contributed by atoms with Crippen LogP contribution in [-0.4, -0.2) is 19.6 Å². The molecule has 0 aliphatic heterocycles. The highest BCUT2D eigenvalue weighted by atomic mass is 35.5. The van der Waals surface area contributed by atoms with E-state index >= 15 is 0 Å². The number of ether oxygens (including phenoxy) is 1. The van der Waals surface area contributed by atoms with Crippen LogP contribution in [0.2, 0.25) is 5.02 Å². The van der Waals surface area contributed by atoms with E-state index in [-0.39, 0.29) is 18.5 Å². The van der Waals surface area contributed by atoms with Crippen molar-refractivity contribution >= 4 is 34.2 Å². The summed E-state index contributed by atoms with van der Waals surface area (Å²) in [4.78, 5) is 12.3. The first-order chi connectivity index (χ1) is 12.5. The van der Waals surface area contributed by atoms with Gasteiger partial charge in [0.2, 0.25) is 5.91 Å². The minimum atomic E-state index is -0.173. The molecule has 6 heteroatoms. The second kappa shape index (κ2) is 7.81. The number of fused-ring (bicyclic) bond motifs is 1. The van der Waals surface area contributed by atoms with Crippen LogP contribution >= 0.6 is 11.6 Å². The van der Waals surface area contributed by atoms with Crippen LogP contribution in [0.5, 0.6) is 5.75 Å². The standard InChI is InChI=1S/C20H21ClN2O3/c1-12-8-16(19(25-3)10-15(12)21)23-20(24)11-22-13(2)18-9-14-6-4-5-7-17(14)26-18/h4-10,13,22H,11H2,1-3H3,(H,23,24). The van der Waals surface area contributed by atoms with Crippen LogP contribution in [0.1, 0.15) is 24.3 Å². The van der Waals surface area contributed by atoms with Gasteiger partial charge in [0.1, 0.15) is 17.1 Å². The molecule has 1 amide bonds. The number of methoxy groups -OCH3 is 1. The number of halogens is 1. The zero-order valence-electron chi connectivity index (χ0n) is 14.9. The Balaban J connectivity index is 1.62. The van der Waals surface area contributed by atoms with Crippen LogP contribution in [-0.2, 0) is 4.79 Å². The van der Waals surface area contributed by atoms with Crippen LogP contribution in [0.25, 0.3) is 11.0 Å². The maximum absolute atomic E-state index is 12.3. The zero-order chi connectivity index (χ0) is 18.7. The number of furan rings is 1. The summed E-state index contributed by atoms with van der Waals surface area (Å²) in [5, 5.41) is 7.66. The van der Waals surface area contributed by atoms with Gasteiger partial charge in [-0.2, -0.15) is 0 Å². The Bertz CT molecular complexity index is 903. The number of carbonyl (C=O) groups excluding carboxylic acids is 1. The Kier molecular flexibility index (Phi) is 5.49. The summed E-state index contributed by atoms with van der Waals surface area (Å²) >= 11 is 6.09. The number of anilines is 1. The first-order valence-corrected chi connectivity index (χ1v) is 8.71. The number of carbonyl (C=O) groups is 1. The normalized spacial score (nSPS) is 12.2. The lowest BCUT2D eigenvalue weighted by molar-refractivity contribution is -0.115. The summed E-state index contributed by atoms with van der Waals surface area (Å²) in [5.41, 5.74) is 2.30. The number of amides is 1. The molecular formula is C20H21ClN2O3. The summed E-state index contributed by atoms with van der Waals surface area (Å²) in [6.45, 7) is 3.97. The predicted octanol–water partition coefficient (Wildman–Crippen LogP) is 4.69. The van der Waals surface area contributed by atoms with Gasteiger partial charge in [-0.25, -0.2) is 0 Å². The zero-order valence-corrected chi connectivity index (χ0v) is 15.7. The summed E-state index contributed by atoms with van der Waals surface area (Å²) in [6, 6.07) is 13.2. The molecule has 136 valence electrons. The van der Waals surface area contributed by atoms with Crippen molar-refractivity contribution in [3.8, 4) is 5.75 Å². The highest BCUT2D eigenvalue weighted by Crippen LogP contribution is 2.31. The summed E-state index contributed by atoms with van der Waals surface area (Å²) < 4.78 is 11.1. The molecule has 3 rings (SSSR count). The van der Waals surface area contributed by atoms with Crippen molar-refractivity contribution in [3.63, 3.8) is 0 Å². The van der Waals surface area contributed by atoms with Gasteiger partial charge in [-0.1, -0.05) is 29.8 Å². The van der Waals surface area contributed by atoms with Gasteiger partial charge in [0.05, 0.1) is 25.4 Å². The van der Waals surface area contributed by atoms with Crippen molar-refractivity contribution in [2.75, 3.05) is 19.0 Å². The Labute approximate surface area is 157 Å². The number of benzene rings is 2. The van der Waals surface area contributed by atoms with E-state index in [9.17, 15) is 4.79 Å². The van der Waals surface area contributed by atoms with Crippen LogP contribution in [0.3, 0.4) is 0 Å². The number of rotatable bonds is 6. The molecule has 1 atom stereocenters. The number of hydrogen-bond donors (Lipinski definition) is 2. The fourth-order valence-electron chi connectivity index (χ4n) is 2.69. The molecular weight excluding hydrogens is 352 g/mol. The summed E-state index contributed by atoms with van der Waals surface area (Å²) in [6.07, 6.45) is 0. The van der Waals surface area contributed by atoms with Gasteiger partial charge in [0.15, 0.2) is 0 Å². The maximum atomic E-state index is 12.3. The fraction of sp³-hybridized carbons (Fsp3) is 0.250.